The summed E-state index contributed by atoms with van der Waals surface area (Å²) in [6.07, 6.45) is 2.56. The van der Waals surface area contributed by atoms with Crippen LogP contribution in [0, 0.1) is 6.92 Å². The zero-order valence-electron chi connectivity index (χ0n) is 11.8. The van der Waals surface area contributed by atoms with Crippen molar-refractivity contribution in [1.82, 2.24) is 9.80 Å². The summed E-state index contributed by atoms with van der Waals surface area (Å²) in [5.41, 5.74) is 9.32. The van der Waals surface area contributed by atoms with Gasteiger partial charge in [0.05, 0.1) is 0 Å². The van der Waals surface area contributed by atoms with Gasteiger partial charge in [-0.3, -0.25) is 4.90 Å². The number of nitrogens with zero attached hydrogens (tertiary/aromatic N) is 2. The minimum absolute atomic E-state index is 0.759. The predicted octanol–water partition coefficient (Wildman–Crippen LogP) is 2.10. The van der Waals surface area contributed by atoms with Crippen molar-refractivity contribution in [2.45, 2.75) is 32.4 Å². The molecule has 0 atom stereocenters. The minimum Gasteiger partial charge on any atom is -0.399 e. The van der Waals surface area contributed by atoms with Gasteiger partial charge in [0, 0.05) is 18.3 Å². The first-order chi connectivity index (χ1) is 8.56. The number of piperidine rings is 1. The van der Waals surface area contributed by atoms with Crippen LogP contribution in [0.15, 0.2) is 18.2 Å². The molecule has 1 saturated heterocycles. The van der Waals surface area contributed by atoms with Gasteiger partial charge in [-0.15, -0.1) is 0 Å². The Labute approximate surface area is 111 Å². The van der Waals surface area contributed by atoms with Crippen LogP contribution in [0.25, 0.3) is 0 Å². The summed E-state index contributed by atoms with van der Waals surface area (Å²) in [7, 11) is 4.37. The highest BCUT2D eigenvalue weighted by Gasteiger charge is 2.20. The molecule has 1 fully saturated rings. The van der Waals surface area contributed by atoms with Crippen LogP contribution >= 0.6 is 0 Å². The monoisotopic (exact) mass is 247 g/mol. The number of hydrogen-bond donors (Lipinski definition) is 1. The third kappa shape index (κ3) is 3.24. The standard InChI is InChI=1S/C15H25N3/c1-12-10-13(4-5-15(12)16)11-18-8-6-14(7-9-18)17(2)3/h4-5,10,14H,6-9,11,16H2,1-3H3. The summed E-state index contributed by atoms with van der Waals surface area (Å²) < 4.78 is 0. The van der Waals surface area contributed by atoms with Crippen LogP contribution in [0.5, 0.6) is 0 Å². The lowest BCUT2D eigenvalue weighted by molar-refractivity contribution is 0.140. The van der Waals surface area contributed by atoms with Crippen LogP contribution in [0.4, 0.5) is 5.69 Å². The first-order valence-electron chi connectivity index (χ1n) is 6.80. The van der Waals surface area contributed by atoms with E-state index in [1.807, 2.05) is 6.07 Å². The van der Waals surface area contributed by atoms with Gasteiger partial charge in [-0.25, -0.2) is 0 Å². The van der Waals surface area contributed by atoms with E-state index in [1.165, 1.54) is 37.1 Å². The Kier molecular flexibility index (Phi) is 4.25. The van der Waals surface area contributed by atoms with E-state index in [-0.39, 0.29) is 0 Å². The van der Waals surface area contributed by atoms with Crippen molar-refractivity contribution in [3.05, 3.63) is 29.3 Å². The van der Waals surface area contributed by atoms with Crippen molar-refractivity contribution < 1.29 is 0 Å². The molecule has 0 radical (unpaired) electrons. The lowest BCUT2D eigenvalue weighted by Gasteiger charge is -2.35. The molecule has 0 aliphatic carbocycles. The van der Waals surface area contributed by atoms with Crippen molar-refractivity contribution in [2.75, 3.05) is 32.9 Å². The lowest BCUT2D eigenvalue weighted by atomic mass is 10.0. The Balaban J connectivity index is 1.89. The quantitative estimate of drug-likeness (QED) is 0.830. The molecule has 0 saturated carbocycles. The number of likely N-dealkylation sites (tertiary alicyclic amines) is 1. The van der Waals surface area contributed by atoms with E-state index in [2.05, 4.69) is 43.0 Å². The van der Waals surface area contributed by atoms with E-state index in [0.717, 1.165) is 18.3 Å². The lowest BCUT2D eigenvalue weighted by Crippen LogP contribution is -2.41. The van der Waals surface area contributed by atoms with Crippen LogP contribution in [-0.4, -0.2) is 43.0 Å². The largest absolute Gasteiger partial charge is 0.399 e. The fraction of sp³-hybridized carbons (Fsp3) is 0.600. The molecule has 1 aliphatic rings. The van der Waals surface area contributed by atoms with Crippen LogP contribution in [-0.2, 0) is 6.54 Å². The average Bonchev–Trinajstić information content (AvgIpc) is 2.34. The van der Waals surface area contributed by atoms with E-state index in [9.17, 15) is 0 Å². The van der Waals surface area contributed by atoms with Gasteiger partial charge in [0.25, 0.3) is 0 Å². The number of rotatable bonds is 3. The van der Waals surface area contributed by atoms with Gasteiger partial charge >= 0.3 is 0 Å². The topological polar surface area (TPSA) is 32.5 Å². The fourth-order valence-electron chi connectivity index (χ4n) is 2.69. The predicted molar refractivity (Wildman–Crippen MR) is 77.6 cm³/mol. The van der Waals surface area contributed by atoms with Gasteiger partial charge in [-0.05, 0) is 64.1 Å². The number of benzene rings is 1. The highest BCUT2D eigenvalue weighted by Crippen LogP contribution is 2.18. The second-order valence-corrected chi connectivity index (χ2v) is 5.66. The molecular formula is C15H25N3. The molecule has 0 aromatic heterocycles. The fourth-order valence-corrected chi connectivity index (χ4v) is 2.69. The molecule has 0 unspecified atom stereocenters. The number of nitrogens with two attached hydrogens (primary N) is 1. The highest BCUT2D eigenvalue weighted by molar-refractivity contribution is 5.47. The summed E-state index contributed by atoms with van der Waals surface area (Å²) >= 11 is 0. The second kappa shape index (κ2) is 5.72. The van der Waals surface area contributed by atoms with Crippen molar-refractivity contribution in [1.29, 1.82) is 0 Å². The molecule has 0 bridgehead atoms. The molecular weight excluding hydrogens is 222 g/mol. The summed E-state index contributed by atoms with van der Waals surface area (Å²) in [6.45, 7) is 5.54. The maximum Gasteiger partial charge on any atom is 0.0343 e. The summed E-state index contributed by atoms with van der Waals surface area (Å²) in [5, 5.41) is 0. The molecule has 1 heterocycles. The molecule has 3 heteroatoms. The molecule has 1 aromatic carbocycles. The first kappa shape index (κ1) is 13.4. The van der Waals surface area contributed by atoms with Gasteiger partial charge in [-0.1, -0.05) is 12.1 Å². The molecule has 1 aliphatic heterocycles. The zero-order chi connectivity index (χ0) is 13.1. The van der Waals surface area contributed by atoms with Gasteiger partial charge in [0.1, 0.15) is 0 Å². The minimum atomic E-state index is 0.759. The van der Waals surface area contributed by atoms with Gasteiger partial charge in [0.15, 0.2) is 0 Å². The van der Waals surface area contributed by atoms with Gasteiger partial charge in [0.2, 0.25) is 0 Å². The highest BCUT2D eigenvalue weighted by atomic mass is 15.2. The number of hydrogen-bond acceptors (Lipinski definition) is 3. The van der Waals surface area contributed by atoms with Crippen molar-refractivity contribution in [2.24, 2.45) is 0 Å². The Morgan fingerprint density at radius 3 is 2.50 bits per heavy atom. The molecule has 1 aromatic rings. The van der Waals surface area contributed by atoms with Crippen LogP contribution in [0.1, 0.15) is 24.0 Å². The molecule has 0 amide bonds. The Bertz CT molecular complexity index is 393. The van der Waals surface area contributed by atoms with Gasteiger partial charge < -0.3 is 10.6 Å². The van der Waals surface area contributed by atoms with E-state index in [0.29, 0.717) is 0 Å². The van der Waals surface area contributed by atoms with Crippen LogP contribution in [0.3, 0.4) is 0 Å². The average molecular weight is 247 g/mol. The smallest absolute Gasteiger partial charge is 0.0343 e. The number of nitrogen functional groups attached to an aromatic ring is 1. The Morgan fingerprint density at radius 2 is 1.94 bits per heavy atom. The zero-order valence-corrected chi connectivity index (χ0v) is 11.8. The molecule has 100 valence electrons. The maximum atomic E-state index is 5.85. The van der Waals surface area contributed by atoms with Crippen molar-refractivity contribution >= 4 is 5.69 Å². The first-order valence-corrected chi connectivity index (χ1v) is 6.80. The summed E-state index contributed by atoms with van der Waals surface area (Å²) in [6, 6.07) is 7.15. The maximum absolute atomic E-state index is 5.85. The van der Waals surface area contributed by atoms with Crippen LogP contribution in [0.2, 0.25) is 0 Å². The normalized spacial score (nSPS) is 18.4. The Morgan fingerprint density at radius 1 is 1.28 bits per heavy atom. The molecule has 2 N–H and O–H groups in total. The van der Waals surface area contributed by atoms with Crippen molar-refractivity contribution in [3.63, 3.8) is 0 Å². The summed E-state index contributed by atoms with van der Waals surface area (Å²) in [5.74, 6) is 0. The van der Waals surface area contributed by atoms with E-state index in [1.54, 1.807) is 0 Å². The van der Waals surface area contributed by atoms with Crippen LogP contribution < -0.4 is 5.73 Å². The van der Waals surface area contributed by atoms with E-state index in [4.69, 9.17) is 5.73 Å². The van der Waals surface area contributed by atoms with E-state index >= 15 is 0 Å². The second-order valence-electron chi connectivity index (χ2n) is 5.66. The van der Waals surface area contributed by atoms with Crippen molar-refractivity contribution in [3.8, 4) is 0 Å². The Hall–Kier alpha value is -1.06. The van der Waals surface area contributed by atoms with Gasteiger partial charge in [-0.2, -0.15) is 0 Å². The molecule has 0 spiro atoms. The summed E-state index contributed by atoms with van der Waals surface area (Å²) in [4.78, 5) is 4.90. The third-order valence-electron chi connectivity index (χ3n) is 4.03. The molecule has 2 rings (SSSR count). The number of anilines is 1. The van der Waals surface area contributed by atoms with E-state index < -0.39 is 0 Å². The molecule has 18 heavy (non-hydrogen) atoms. The SMILES string of the molecule is Cc1cc(CN2CCC(N(C)C)CC2)ccc1N. The number of aryl methyl sites for hydroxylation is 1. The molecule has 3 nitrogen and oxygen atoms in total. The third-order valence-corrected chi connectivity index (χ3v) is 4.03.